The summed E-state index contributed by atoms with van der Waals surface area (Å²) in [6, 6.07) is 13.0. The van der Waals surface area contributed by atoms with Crippen LogP contribution in [0.15, 0.2) is 61.2 Å². The fourth-order valence-corrected chi connectivity index (χ4v) is 3.78. The fraction of sp³-hybridized carbons (Fsp3) is 0.348. The number of nitrogens with zero attached hydrogens (tertiary/aromatic N) is 3. The van der Waals surface area contributed by atoms with E-state index in [0.29, 0.717) is 18.1 Å². The standard InChI is InChI=1S/C23H26N4O2/c28-22(13-8-18-6-2-1-3-7-18)26-19-9-11-20(12-10-19)29-23-16-21(24-17-25-23)27-14-4-5-15-27/h4-5,9-12,14-18H,1-3,6-8,13H2,(H,26,28). The van der Waals surface area contributed by atoms with Gasteiger partial charge in [-0.1, -0.05) is 32.1 Å². The first kappa shape index (κ1) is 19.2. The monoisotopic (exact) mass is 390 g/mol. The summed E-state index contributed by atoms with van der Waals surface area (Å²) in [6.45, 7) is 0. The summed E-state index contributed by atoms with van der Waals surface area (Å²) in [5, 5.41) is 2.98. The first-order valence-electron chi connectivity index (χ1n) is 10.3. The van der Waals surface area contributed by atoms with E-state index in [1.54, 1.807) is 6.07 Å². The first-order valence-corrected chi connectivity index (χ1v) is 10.3. The van der Waals surface area contributed by atoms with Crippen LogP contribution in [0.1, 0.15) is 44.9 Å². The van der Waals surface area contributed by atoms with Crippen molar-refractivity contribution in [3.8, 4) is 17.4 Å². The van der Waals surface area contributed by atoms with Gasteiger partial charge in [0.2, 0.25) is 11.8 Å². The molecule has 0 radical (unpaired) electrons. The number of ether oxygens (including phenoxy) is 1. The van der Waals surface area contributed by atoms with Crippen LogP contribution in [-0.2, 0) is 4.79 Å². The van der Waals surface area contributed by atoms with E-state index in [4.69, 9.17) is 4.74 Å². The molecule has 0 atom stereocenters. The van der Waals surface area contributed by atoms with Crippen LogP contribution in [0.4, 0.5) is 5.69 Å². The van der Waals surface area contributed by atoms with Crippen LogP contribution in [-0.4, -0.2) is 20.4 Å². The maximum Gasteiger partial charge on any atom is 0.224 e. The molecule has 2 aromatic heterocycles. The van der Waals surface area contributed by atoms with Crippen LogP contribution >= 0.6 is 0 Å². The zero-order valence-corrected chi connectivity index (χ0v) is 16.5. The van der Waals surface area contributed by atoms with E-state index in [9.17, 15) is 4.79 Å². The predicted molar refractivity (Wildman–Crippen MR) is 112 cm³/mol. The number of aromatic nitrogens is 3. The van der Waals surface area contributed by atoms with E-state index >= 15 is 0 Å². The molecular weight excluding hydrogens is 364 g/mol. The van der Waals surface area contributed by atoms with Crippen LogP contribution in [0.3, 0.4) is 0 Å². The smallest absolute Gasteiger partial charge is 0.224 e. The molecule has 1 amide bonds. The highest BCUT2D eigenvalue weighted by atomic mass is 16.5. The molecule has 1 N–H and O–H groups in total. The van der Waals surface area contributed by atoms with Gasteiger partial charge in [-0.15, -0.1) is 0 Å². The Labute approximate surface area is 171 Å². The average molecular weight is 390 g/mol. The van der Waals surface area contributed by atoms with E-state index in [1.807, 2.05) is 53.4 Å². The van der Waals surface area contributed by atoms with Crippen molar-refractivity contribution in [3.63, 3.8) is 0 Å². The molecule has 29 heavy (non-hydrogen) atoms. The SMILES string of the molecule is O=C(CCC1CCCCC1)Nc1ccc(Oc2cc(-n3cccc3)ncn2)cc1. The van der Waals surface area contributed by atoms with Gasteiger partial charge >= 0.3 is 0 Å². The van der Waals surface area contributed by atoms with Gasteiger partial charge < -0.3 is 14.6 Å². The molecule has 4 rings (SSSR count). The highest BCUT2D eigenvalue weighted by molar-refractivity contribution is 5.90. The molecule has 6 nitrogen and oxygen atoms in total. The highest BCUT2D eigenvalue weighted by Crippen LogP contribution is 2.27. The number of benzene rings is 1. The Kier molecular flexibility index (Phi) is 6.19. The highest BCUT2D eigenvalue weighted by Gasteiger charge is 2.15. The quantitative estimate of drug-likeness (QED) is 0.590. The predicted octanol–water partition coefficient (Wildman–Crippen LogP) is 5.36. The summed E-state index contributed by atoms with van der Waals surface area (Å²) in [7, 11) is 0. The summed E-state index contributed by atoms with van der Waals surface area (Å²) < 4.78 is 7.72. The Balaban J connectivity index is 1.30. The van der Waals surface area contributed by atoms with Crippen LogP contribution in [0.2, 0.25) is 0 Å². The van der Waals surface area contributed by atoms with Crippen molar-refractivity contribution < 1.29 is 9.53 Å². The lowest BCUT2D eigenvalue weighted by Gasteiger charge is -2.21. The van der Waals surface area contributed by atoms with E-state index in [-0.39, 0.29) is 5.91 Å². The lowest BCUT2D eigenvalue weighted by Crippen LogP contribution is -2.14. The van der Waals surface area contributed by atoms with E-state index in [1.165, 1.54) is 38.4 Å². The molecule has 1 aromatic carbocycles. The second-order valence-corrected chi connectivity index (χ2v) is 7.52. The van der Waals surface area contributed by atoms with Gasteiger partial charge in [0, 0.05) is 30.6 Å². The maximum absolute atomic E-state index is 12.2. The van der Waals surface area contributed by atoms with Gasteiger partial charge in [-0.3, -0.25) is 4.79 Å². The molecule has 0 unspecified atom stereocenters. The molecular formula is C23H26N4O2. The summed E-state index contributed by atoms with van der Waals surface area (Å²) in [5.41, 5.74) is 0.779. The number of hydrogen-bond acceptors (Lipinski definition) is 4. The average Bonchev–Trinajstić information content (AvgIpc) is 3.30. The zero-order valence-electron chi connectivity index (χ0n) is 16.5. The van der Waals surface area contributed by atoms with E-state index in [2.05, 4.69) is 15.3 Å². The number of nitrogens with one attached hydrogen (secondary N) is 1. The second kappa shape index (κ2) is 9.37. The van der Waals surface area contributed by atoms with Gasteiger partial charge in [-0.2, -0.15) is 0 Å². The minimum absolute atomic E-state index is 0.0800. The maximum atomic E-state index is 12.2. The minimum atomic E-state index is 0.0800. The molecule has 150 valence electrons. The Hall–Kier alpha value is -3.15. The number of anilines is 1. The van der Waals surface area contributed by atoms with Crippen LogP contribution in [0.5, 0.6) is 11.6 Å². The largest absolute Gasteiger partial charge is 0.439 e. The summed E-state index contributed by atoms with van der Waals surface area (Å²) >= 11 is 0. The van der Waals surface area contributed by atoms with Crippen molar-refractivity contribution >= 4 is 11.6 Å². The van der Waals surface area contributed by atoms with Gasteiger partial charge in [0.15, 0.2) is 0 Å². The zero-order chi connectivity index (χ0) is 19.9. The van der Waals surface area contributed by atoms with Crippen LogP contribution < -0.4 is 10.1 Å². The molecule has 0 aliphatic heterocycles. The van der Waals surface area contributed by atoms with Crippen molar-refractivity contribution in [2.75, 3.05) is 5.32 Å². The molecule has 1 aliphatic carbocycles. The molecule has 1 aliphatic rings. The van der Waals surface area contributed by atoms with Crippen molar-refractivity contribution in [2.24, 2.45) is 5.92 Å². The number of carbonyl (C=O) groups is 1. The van der Waals surface area contributed by atoms with Crippen molar-refractivity contribution in [2.45, 2.75) is 44.9 Å². The van der Waals surface area contributed by atoms with Gasteiger partial charge in [0.05, 0.1) is 0 Å². The van der Waals surface area contributed by atoms with E-state index in [0.717, 1.165) is 23.8 Å². The molecule has 2 heterocycles. The van der Waals surface area contributed by atoms with Crippen LogP contribution in [0, 0.1) is 5.92 Å². The van der Waals surface area contributed by atoms with Crippen molar-refractivity contribution in [1.29, 1.82) is 0 Å². The second-order valence-electron chi connectivity index (χ2n) is 7.52. The van der Waals surface area contributed by atoms with Crippen molar-refractivity contribution in [3.05, 3.63) is 61.2 Å². The fourth-order valence-electron chi connectivity index (χ4n) is 3.78. The lowest BCUT2D eigenvalue weighted by molar-refractivity contribution is -0.116. The third-order valence-corrected chi connectivity index (χ3v) is 5.36. The summed E-state index contributed by atoms with van der Waals surface area (Å²) in [5.74, 6) is 2.66. The first-order chi connectivity index (χ1) is 14.3. The van der Waals surface area contributed by atoms with Gasteiger partial charge in [-0.05, 0) is 48.7 Å². The Morgan fingerprint density at radius 2 is 1.83 bits per heavy atom. The Morgan fingerprint density at radius 3 is 2.59 bits per heavy atom. The van der Waals surface area contributed by atoms with Crippen LogP contribution in [0.25, 0.3) is 5.82 Å². The normalized spacial score (nSPS) is 14.5. The molecule has 1 saturated carbocycles. The van der Waals surface area contributed by atoms with Crippen molar-refractivity contribution in [1.82, 2.24) is 14.5 Å². The van der Waals surface area contributed by atoms with Gasteiger partial charge in [0.1, 0.15) is 17.9 Å². The molecule has 0 bridgehead atoms. The number of rotatable bonds is 7. The number of hydrogen-bond donors (Lipinski definition) is 1. The third kappa shape index (κ3) is 5.44. The van der Waals surface area contributed by atoms with Gasteiger partial charge in [-0.25, -0.2) is 9.97 Å². The topological polar surface area (TPSA) is 69.0 Å². The molecule has 0 saturated heterocycles. The molecule has 3 aromatic rings. The number of amides is 1. The lowest BCUT2D eigenvalue weighted by atomic mass is 9.86. The molecule has 0 spiro atoms. The molecule has 6 heteroatoms. The minimum Gasteiger partial charge on any atom is -0.439 e. The van der Waals surface area contributed by atoms with E-state index < -0.39 is 0 Å². The Morgan fingerprint density at radius 1 is 1.07 bits per heavy atom. The number of carbonyl (C=O) groups excluding carboxylic acids is 1. The van der Waals surface area contributed by atoms with Gasteiger partial charge in [0.25, 0.3) is 0 Å². The summed E-state index contributed by atoms with van der Waals surface area (Å²) in [6.07, 6.45) is 13.4. The Bertz CT molecular complexity index is 916. The molecule has 1 fully saturated rings. The summed E-state index contributed by atoms with van der Waals surface area (Å²) in [4.78, 5) is 20.6. The third-order valence-electron chi connectivity index (χ3n) is 5.36.